The van der Waals surface area contributed by atoms with Crippen LogP contribution in [-0.4, -0.2) is 4.57 Å². The summed E-state index contributed by atoms with van der Waals surface area (Å²) in [5.74, 6) is 0. The number of aromatic nitrogens is 1. The molecule has 0 radical (unpaired) electrons. The fourth-order valence-electron chi connectivity index (χ4n) is 0.851. The van der Waals surface area contributed by atoms with E-state index in [2.05, 4.69) is 6.92 Å². The second-order valence-electron chi connectivity index (χ2n) is 2.27. The van der Waals surface area contributed by atoms with E-state index in [0.29, 0.717) is 0 Å². The Bertz CT molecular complexity index is 232. The van der Waals surface area contributed by atoms with E-state index in [4.69, 9.17) is 0 Å². The molecule has 68 valence electrons. The van der Waals surface area contributed by atoms with Gasteiger partial charge in [0.1, 0.15) is 0 Å². The lowest BCUT2D eigenvalue weighted by Crippen LogP contribution is -2.02. The minimum Gasteiger partial charge on any atom is -0.354 e. The van der Waals surface area contributed by atoms with Crippen molar-refractivity contribution >= 4 is 0 Å². The molecule has 2 nitrogen and oxygen atoms in total. The highest BCUT2D eigenvalue weighted by atomic mass is 16.1. The molecule has 0 saturated heterocycles. The van der Waals surface area contributed by atoms with Crippen LogP contribution in [-0.2, 0) is 6.54 Å². The van der Waals surface area contributed by atoms with Crippen molar-refractivity contribution in [3.8, 4) is 0 Å². The zero-order valence-corrected chi connectivity index (χ0v) is 8.08. The van der Waals surface area contributed by atoms with Crippen molar-refractivity contribution < 1.29 is 0 Å². The third-order valence-corrected chi connectivity index (χ3v) is 1.34. The van der Waals surface area contributed by atoms with Crippen LogP contribution in [0.25, 0.3) is 0 Å². The number of rotatable bonds is 2. The lowest BCUT2D eigenvalue weighted by atomic mass is 10.4. The fraction of sp³-hybridized carbons (Fsp3) is 0.500. The number of nitrogens with zero attached hydrogens (tertiary/aromatic N) is 1. The first-order valence-corrected chi connectivity index (χ1v) is 4.49. The summed E-state index contributed by atoms with van der Waals surface area (Å²) in [4.78, 5) is 10.6. The van der Waals surface area contributed by atoms with Crippen molar-refractivity contribution in [3.05, 3.63) is 34.7 Å². The molecular formula is C10H17NO. The first-order chi connectivity index (χ1) is 5.83. The van der Waals surface area contributed by atoms with Gasteiger partial charge in [-0.25, -0.2) is 0 Å². The van der Waals surface area contributed by atoms with Gasteiger partial charge in [0.25, 0.3) is 0 Å². The average molecular weight is 167 g/mol. The smallest absolute Gasteiger partial charge is 0.181 e. The fourth-order valence-corrected chi connectivity index (χ4v) is 0.851. The molecule has 0 aliphatic carbocycles. The quantitative estimate of drug-likeness (QED) is 0.662. The Kier molecular flexibility index (Phi) is 6.07. The maximum Gasteiger partial charge on any atom is 0.181 e. The Morgan fingerprint density at radius 2 is 1.75 bits per heavy atom. The number of aryl methyl sites for hydroxylation is 1. The molecule has 12 heavy (non-hydrogen) atoms. The largest absolute Gasteiger partial charge is 0.354 e. The standard InChI is InChI=1S/C8H11NO.C2H6/c1-2-5-9-6-3-8(10)4-7-9;1-2/h3-4,6-7H,2,5H2,1H3;1-2H3. The minimum atomic E-state index is 0.0763. The molecule has 1 heterocycles. The Morgan fingerprint density at radius 3 is 2.17 bits per heavy atom. The highest BCUT2D eigenvalue weighted by Gasteiger charge is 1.84. The molecule has 0 N–H and O–H groups in total. The van der Waals surface area contributed by atoms with Crippen molar-refractivity contribution in [2.75, 3.05) is 0 Å². The normalized spacial score (nSPS) is 8.58. The van der Waals surface area contributed by atoms with Gasteiger partial charge in [0, 0.05) is 31.1 Å². The molecule has 0 saturated carbocycles. The van der Waals surface area contributed by atoms with Crippen LogP contribution in [0.1, 0.15) is 27.2 Å². The summed E-state index contributed by atoms with van der Waals surface area (Å²) in [6.07, 6.45) is 4.72. The molecule has 0 atom stereocenters. The van der Waals surface area contributed by atoms with Gasteiger partial charge in [0.2, 0.25) is 0 Å². The van der Waals surface area contributed by atoms with Gasteiger partial charge in [-0.2, -0.15) is 0 Å². The van der Waals surface area contributed by atoms with Crippen LogP contribution >= 0.6 is 0 Å². The maximum atomic E-state index is 10.6. The summed E-state index contributed by atoms with van der Waals surface area (Å²) in [5.41, 5.74) is 0.0763. The Morgan fingerprint density at radius 1 is 1.25 bits per heavy atom. The molecule has 2 heteroatoms. The van der Waals surface area contributed by atoms with Gasteiger partial charge in [-0.05, 0) is 6.42 Å². The van der Waals surface area contributed by atoms with Crippen LogP contribution in [0.4, 0.5) is 0 Å². The molecule has 0 aliphatic rings. The second kappa shape index (κ2) is 6.65. The summed E-state index contributed by atoms with van der Waals surface area (Å²) < 4.78 is 2.00. The Labute approximate surface area is 73.9 Å². The van der Waals surface area contributed by atoms with Crippen LogP contribution in [0.2, 0.25) is 0 Å². The summed E-state index contributed by atoms with van der Waals surface area (Å²) in [6.45, 7) is 7.10. The molecule has 0 aliphatic heterocycles. The molecule has 1 aromatic heterocycles. The second-order valence-corrected chi connectivity index (χ2v) is 2.27. The van der Waals surface area contributed by atoms with Crippen molar-refractivity contribution in [1.29, 1.82) is 0 Å². The molecule has 0 spiro atoms. The number of hydrogen-bond acceptors (Lipinski definition) is 1. The SMILES string of the molecule is CC.CCCn1ccc(=O)cc1. The van der Waals surface area contributed by atoms with Gasteiger partial charge in [-0.1, -0.05) is 20.8 Å². The van der Waals surface area contributed by atoms with Gasteiger partial charge in [-0.3, -0.25) is 4.79 Å². The van der Waals surface area contributed by atoms with E-state index in [0.717, 1.165) is 13.0 Å². The highest BCUT2D eigenvalue weighted by Crippen LogP contribution is 1.86. The molecule has 0 unspecified atom stereocenters. The van der Waals surface area contributed by atoms with Crippen LogP contribution in [0.3, 0.4) is 0 Å². The van der Waals surface area contributed by atoms with Gasteiger partial charge in [-0.15, -0.1) is 0 Å². The van der Waals surface area contributed by atoms with E-state index in [1.165, 1.54) is 0 Å². The first-order valence-electron chi connectivity index (χ1n) is 4.49. The van der Waals surface area contributed by atoms with Gasteiger partial charge in [0.05, 0.1) is 0 Å². The molecule has 0 fully saturated rings. The van der Waals surface area contributed by atoms with E-state index >= 15 is 0 Å². The molecule has 0 amide bonds. The highest BCUT2D eigenvalue weighted by molar-refractivity contribution is 4.93. The lowest BCUT2D eigenvalue weighted by Gasteiger charge is -2.00. The van der Waals surface area contributed by atoms with E-state index in [1.807, 2.05) is 30.8 Å². The van der Waals surface area contributed by atoms with Gasteiger partial charge in [0.15, 0.2) is 5.43 Å². The summed E-state index contributed by atoms with van der Waals surface area (Å²) in [6, 6.07) is 3.16. The topological polar surface area (TPSA) is 22.0 Å². The zero-order chi connectivity index (χ0) is 9.40. The average Bonchev–Trinajstić information content (AvgIpc) is 2.13. The first kappa shape index (κ1) is 11.0. The van der Waals surface area contributed by atoms with Crippen molar-refractivity contribution in [2.24, 2.45) is 0 Å². The van der Waals surface area contributed by atoms with Crippen molar-refractivity contribution in [2.45, 2.75) is 33.7 Å². The van der Waals surface area contributed by atoms with E-state index in [1.54, 1.807) is 12.1 Å². The maximum absolute atomic E-state index is 10.6. The monoisotopic (exact) mass is 167 g/mol. The van der Waals surface area contributed by atoms with Crippen molar-refractivity contribution in [3.63, 3.8) is 0 Å². The Hall–Kier alpha value is -1.05. The van der Waals surface area contributed by atoms with Crippen molar-refractivity contribution in [1.82, 2.24) is 4.57 Å². The van der Waals surface area contributed by atoms with Crippen LogP contribution in [0.15, 0.2) is 29.3 Å². The zero-order valence-electron chi connectivity index (χ0n) is 8.08. The number of hydrogen-bond donors (Lipinski definition) is 0. The molecule has 0 aromatic carbocycles. The molecule has 1 aromatic rings. The predicted octanol–water partition coefficient (Wildman–Crippen LogP) is 2.28. The van der Waals surface area contributed by atoms with Gasteiger partial charge >= 0.3 is 0 Å². The van der Waals surface area contributed by atoms with Crippen LogP contribution < -0.4 is 5.43 Å². The van der Waals surface area contributed by atoms with E-state index in [9.17, 15) is 4.79 Å². The predicted molar refractivity (Wildman–Crippen MR) is 52.3 cm³/mol. The number of pyridine rings is 1. The molecule has 1 rings (SSSR count). The molecule has 0 bridgehead atoms. The minimum absolute atomic E-state index is 0.0763. The summed E-state index contributed by atoms with van der Waals surface area (Å²) in [7, 11) is 0. The summed E-state index contributed by atoms with van der Waals surface area (Å²) in [5, 5.41) is 0. The molecular weight excluding hydrogens is 150 g/mol. The third kappa shape index (κ3) is 3.96. The lowest BCUT2D eigenvalue weighted by molar-refractivity contribution is 0.673. The van der Waals surface area contributed by atoms with E-state index < -0.39 is 0 Å². The van der Waals surface area contributed by atoms with Crippen LogP contribution in [0.5, 0.6) is 0 Å². The third-order valence-electron chi connectivity index (χ3n) is 1.34. The summed E-state index contributed by atoms with van der Waals surface area (Å²) >= 11 is 0. The Balaban J connectivity index is 0.000000561. The van der Waals surface area contributed by atoms with E-state index in [-0.39, 0.29) is 5.43 Å². The van der Waals surface area contributed by atoms with Gasteiger partial charge < -0.3 is 4.57 Å². The van der Waals surface area contributed by atoms with Crippen LogP contribution in [0, 0.1) is 0 Å².